The van der Waals surface area contributed by atoms with Crippen molar-refractivity contribution in [2.45, 2.75) is 45.6 Å². The maximum absolute atomic E-state index is 13.6. The average Bonchev–Trinajstić information content (AvgIpc) is 3.61. The van der Waals surface area contributed by atoms with E-state index in [4.69, 9.17) is 9.47 Å². The molecule has 3 aromatic heterocycles. The molecule has 0 amide bonds. The molecular formula is C27H34N6O3. The lowest BCUT2D eigenvalue weighted by atomic mass is 10.1. The summed E-state index contributed by atoms with van der Waals surface area (Å²) in [6.07, 6.45) is 9.21. The van der Waals surface area contributed by atoms with E-state index in [1.807, 2.05) is 18.2 Å². The molecular weight excluding hydrogens is 456 g/mol. The normalized spacial score (nSPS) is 14.9. The summed E-state index contributed by atoms with van der Waals surface area (Å²) < 4.78 is 12.6. The molecule has 0 unspecified atom stereocenters. The summed E-state index contributed by atoms with van der Waals surface area (Å²) in [6.45, 7) is 6.41. The first-order chi connectivity index (χ1) is 17.7. The predicted octanol–water partition coefficient (Wildman–Crippen LogP) is 3.84. The summed E-state index contributed by atoms with van der Waals surface area (Å²) in [5, 5.41) is 3.36. The van der Waals surface area contributed by atoms with Crippen LogP contribution in [0.5, 0.6) is 5.88 Å². The van der Waals surface area contributed by atoms with Crippen molar-refractivity contribution in [2.75, 3.05) is 45.3 Å². The number of aromatic nitrogens is 4. The molecule has 2 fully saturated rings. The van der Waals surface area contributed by atoms with Crippen LogP contribution in [-0.2, 0) is 11.3 Å². The number of methoxy groups -OCH3 is 1. The summed E-state index contributed by atoms with van der Waals surface area (Å²) >= 11 is 0. The minimum atomic E-state index is -0.157. The zero-order valence-electron chi connectivity index (χ0n) is 21.1. The van der Waals surface area contributed by atoms with Crippen LogP contribution in [0.2, 0.25) is 0 Å². The minimum Gasteiger partial charge on any atom is -0.481 e. The third-order valence-corrected chi connectivity index (χ3v) is 6.71. The van der Waals surface area contributed by atoms with Gasteiger partial charge in [-0.2, -0.15) is 0 Å². The Kier molecular flexibility index (Phi) is 7.46. The standard InChI is InChI=1S/C27H34N6O3/c1-3-13-36-14-12-33-22-15-21(20-8-9-24(35-2)28-16-20)17-29-25(22)31-26(27(33)34)30-18-23(19-6-7-19)32-10-4-5-11-32/h8-9,15-17H,3-7,10-14,18H2,1-2H3,(H,29,30,31). The Hall–Kier alpha value is -3.46. The molecule has 1 saturated carbocycles. The summed E-state index contributed by atoms with van der Waals surface area (Å²) in [6, 6.07) is 5.69. The first-order valence-electron chi connectivity index (χ1n) is 12.9. The summed E-state index contributed by atoms with van der Waals surface area (Å²) in [5.74, 6) is 0.881. The fourth-order valence-electron chi connectivity index (χ4n) is 4.66. The van der Waals surface area contributed by atoms with Crippen molar-refractivity contribution in [3.8, 4) is 17.0 Å². The highest BCUT2D eigenvalue weighted by atomic mass is 16.5. The van der Waals surface area contributed by atoms with Crippen LogP contribution < -0.4 is 15.6 Å². The first kappa shape index (κ1) is 24.2. The lowest BCUT2D eigenvalue weighted by Crippen LogP contribution is -2.30. The van der Waals surface area contributed by atoms with E-state index >= 15 is 0 Å². The maximum atomic E-state index is 13.6. The van der Waals surface area contributed by atoms with Gasteiger partial charge in [-0.3, -0.25) is 9.36 Å². The molecule has 5 rings (SSSR count). The van der Waals surface area contributed by atoms with Crippen molar-refractivity contribution in [3.63, 3.8) is 0 Å². The van der Waals surface area contributed by atoms with Crippen LogP contribution in [0, 0.1) is 0 Å². The van der Waals surface area contributed by atoms with E-state index in [2.05, 4.69) is 32.1 Å². The van der Waals surface area contributed by atoms with Gasteiger partial charge in [0, 0.05) is 61.5 Å². The molecule has 3 aromatic rings. The Morgan fingerprint density at radius 3 is 2.58 bits per heavy atom. The zero-order valence-corrected chi connectivity index (χ0v) is 21.1. The minimum absolute atomic E-state index is 0.157. The average molecular weight is 491 g/mol. The van der Waals surface area contributed by atoms with E-state index < -0.39 is 0 Å². The lowest BCUT2D eigenvalue weighted by molar-refractivity contribution is 0.127. The Bertz CT molecular complexity index is 1290. The molecule has 0 aromatic carbocycles. The smallest absolute Gasteiger partial charge is 0.293 e. The Morgan fingerprint density at radius 2 is 1.89 bits per heavy atom. The molecule has 190 valence electrons. The van der Waals surface area contributed by atoms with Crippen molar-refractivity contribution >= 4 is 17.0 Å². The topological polar surface area (TPSA) is 94.4 Å². The van der Waals surface area contributed by atoms with Crippen molar-refractivity contribution in [3.05, 3.63) is 52.2 Å². The van der Waals surface area contributed by atoms with Crippen LogP contribution in [-0.4, -0.2) is 64.4 Å². The number of fused-ring (bicyclic) bond motifs is 1. The van der Waals surface area contributed by atoms with Gasteiger partial charge in [-0.15, -0.1) is 0 Å². The van der Waals surface area contributed by atoms with E-state index in [1.165, 1.54) is 24.1 Å². The SMILES string of the molecule is CCCOCCn1c(=O)c(NCC(=C2CC2)N2CCCC2)nc2ncc(-c3ccc(OC)nc3)cc21. The van der Waals surface area contributed by atoms with Crippen molar-refractivity contribution in [1.29, 1.82) is 0 Å². The van der Waals surface area contributed by atoms with Crippen LogP contribution in [0.15, 0.2) is 46.7 Å². The van der Waals surface area contributed by atoms with Crippen LogP contribution in [0.3, 0.4) is 0 Å². The highest BCUT2D eigenvalue weighted by Crippen LogP contribution is 2.34. The number of pyridine rings is 2. The maximum Gasteiger partial charge on any atom is 0.293 e. The number of hydrogen-bond acceptors (Lipinski definition) is 8. The van der Waals surface area contributed by atoms with E-state index in [0.717, 1.165) is 43.5 Å². The lowest BCUT2D eigenvalue weighted by Gasteiger charge is -2.22. The zero-order chi connectivity index (χ0) is 24.9. The number of rotatable bonds is 11. The number of allylic oxidation sites excluding steroid dienone is 1. The fourth-order valence-corrected chi connectivity index (χ4v) is 4.66. The van der Waals surface area contributed by atoms with Crippen LogP contribution >= 0.6 is 0 Å². The molecule has 1 N–H and O–H groups in total. The van der Waals surface area contributed by atoms with Crippen LogP contribution in [0.25, 0.3) is 22.3 Å². The Labute approximate surface area is 211 Å². The second-order valence-electron chi connectivity index (χ2n) is 9.28. The highest BCUT2D eigenvalue weighted by molar-refractivity contribution is 5.79. The van der Waals surface area contributed by atoms with E-state index in [1.54, 1.807) is 24.1 Å². The molecule has 1 aliphatic heterocycles. The van der Waals surface area contributed by atoms with Crippen molar-refractivity contribution in [1.82, 2.24) is 24.4 Å². The summed E-state index contributed by atoms with van der Waals surface area (Å²) in [5.41, 5.74) is 5.63. The van der Waals surface area contributed by atoms with Gasteiger partial charge < -0.3 is 19.7 Å². The predicted molar refractivity (Wildman–Crippen MR) is 140 cm³/mol. The first-order valence-corrected chi connectivity index (χ1v) is 12.9. The van der Waals surface area contributed by atoms with Gasteiger partial charge in [0.25, 0.3) is 5.56 Å². The third kappa shape index (κ3) is 5.36. The second kappa shape index (κ2) is 11.1. The monoisotopic (exact) mass is 490 g/mol. The molecule has 0 radical (unpaired) electrons. The molecule has 0 bridgehead atoms. The van der Waals surface area contributed by atoms with Gasteiger partial charge in [0.15, 0.2) is 11.5 Å². The molecule has 0 atom stereocenters. The second-order valence-corrected chi connectivity index (χ2v) is 9.28. The third-order valence-electron chi connectivity index (χ3n) is 6.71. The number of anilines is 1. The van der Waals surface area contributed by atoms with Gasteiger partial charge in [-0.05, 0) is 49.8 Å². The molecule has 0 spiro atoms. The van der Waals surface area contributed by atoms with E-state index in [9.17, 15) is 4.79 Å². The van der Waals surface area contributed by atoms with Gasteiger partial charge in [-0.25, -0.2) is 15.0 Å². The number of likely N-dealkylation sites (tertiary alicyclic amines) is 1. The highest BCUT2D eigenvalue weighted by Gasteiger charge is 2.24. The fraction of sp³-hybridized carbons (Fsp3) is 0.481. The Balaban J connectivity index is 1.47. The van der Waals surface area contributed by atoms with E-state index in [0.29, 0.717) is 49.2 Å². The summed E-state index contributed by atoms with van der Waals surface area (Å²) in [4.78, 5) is 29.6. The number of nitrogens with one attached hydrogen (secondary N) is 1. The van der Waals surface area contributed by atoms with Gasteiger partial charge >= 0.3 is 0 Å². The van der Waals surface area contributed by atoms with Gasteiger partial charge in [0.2, 0.25) is 5.88 Å². The molecule has 1 aliphatic carbocycles. The molecule has 9 nitrogen and oxygen atoms in total. The van der Waals surface area contributed by atoms with Crippen LogP contribution in [0.4, 0.5) is 5.82 Å². The van der Waals surface area contributed by atoms with Gasteiger partial charge in [-0.1, -0.05) is 6.92 Å². The van der Waals surface area contributed by atoms with E-state index in [-0.39, 0.29) is 5.56 Å². The molecule has 9 heteroatoms. The van der Waals surface area contributed by atoms with Gasteiger partial charge in [0.1, 0.15) is 0 Å². The number of hydrogen-bond donors (Lipinski definition) is 1. The molecule has 2 aliphatic rings. The molecule has 1 saturated heterocycles. The van der Waals surface area contributed by atoms with Gasteiger partial charge in [0.05, 0.1) is 25.8 Å². The van der Waals surface area contributed by atoms with Crippen LogP contribution in [0.1, 0.15) is 39.0 Å². The molecule has 4 heterocycles. The Morgan fingerprint density at radius 1 is 1.08 bits per heavy atom. The quantitative estimate of drug-likeness (QED) is 0.405. The summed E-state index contributed by atoms with van der Waals surface area (Å²) in [7, 11) is 1.59. The largest absolute Gasteiger partial charge is 0.481 e. The van der Waals surface area contributed by atoms with Crippen molar-refractivity contribution in [2.24, 2.45) is 0 Å². The van der Waals surface area contributed by atoms with Crippen molar-refractivity contribution < 1.29 is 9.47 Å². The molecule has 36 heavy (non-hydrogen) atoms. The number of nitrogens with zero attached hydrogens (tertiary/aromatic N) is 5. The number of ether oxygens (including phenoxy) is 2.